The lowest BCUT2D eigenvalue weighted by Gasteiger charge is -2.26. The first-order valence-electron chi connectivity index (χ1n) is 7.68. The molecule has 1 rings (SSSR count). The standard InChI is InChI=1S/C16H23IN4O4/c1-16(2,3)25-15(23)21(7-5-6-13(22)18-4)8-9-24-14-19-10-12(17)11-20-14/h5-6,10-11H,7-9H2,1-4H3,(H,18,22)/b6-5+. The molecule has 0 radical (unpaired) electrons. The lowest BCUT2D eigenvalue weighted by molar-refractivity contribution is -0.116. The first-order valence-corrected chi connectivity index (χ1v) is 8.75. The Labute approximate surface area is 161 Å². The topological polar surface area (TPSA) is 93.7 Å². The molecule has 0 unspecified atom stereocenters. The first kappa shape index (κ1) is 21.1. The fraction of sp³-hybridized carbons (Fsp3) is 0.500. The summed E-state index contributed by atoms with van der Waals surface area (Å²) < 4.78 is 11.7. The van der Waals surface area contributed by atoms with Gasteiger partial charge in [-0.1, -0.05) is 6.08 Å². The number of aromatic nitrogens is 2. The summed E-state index contributed by atoms with van der Waals surface area (Å²) in [5, 5.41) is 2.47. The van der Waals surface area contributed by atoms with Gasteiger partial charge in [-0.3, -0.25) is 4.79 Å². The van der Waals surface area contributed by atoms with Crippen LogP contribution in [0.4, 0.5) is 4.79 Å². The van der Waals surface area contributed by atoms with E-state index in [9.17, 15) is 9.59 Å². The molecule has 25 heavy (non-hydrogen) atoms. The fourth-order valence-corrected chi connectivity index (χ4v) is 1.85. The molecule has 0 atom stereocenters. The number of carbonyl (C=O) groups excluding carboxylic acids is 2. The smallest absolute Gasteiger partial charge is 0.410 e. The number of amides is 2. The molecule has 0 aliphatic rings. The van der Waals surface area contributed by atoms with E-state index in [1.807, 2.05) is 0 Å². The van der Waals surface area contributed by atoms with Gasteiger partial charge in [0.2, 0.25) is 5.91 Å². The maximum Gasteiger partial charge on any atom is 0.410 e. The SMILES string of the molecule is CNC(=O)/C=C/CN(CCOc1ncc(I)cn1)C(=O)OC(C)(C)C. The number of likely N-dealkylation sites (N-methyl/N-ethyl adjacent to an activating group) is 1. The highest BCUT2D eigenvalue weighted by Gasteiger charge is 2.21. The molecule has 0 spiro atoms. The molecule has 2 amide bonds. The number of ether oxygens (including phenoxy) is 2. The van der Waals surface area contributed by atoms with Crippen LogP contribution in [0.15, 0.2) is 24.5 Å². The van der Waals surface area contributed by atoms with Crippen LogP contribution in [-0.4, -0.2) is 59.2 Å². The minimum atomic E-state index is -0.611. The van der Waals surface area contributed by atoms with E-state index in [0.29, 0.717) is 0 Å². The second-order valence-electron chi connectivity index (χ2n) is 5.98. The highest BCUT2D eigenvalue weighted by molar-refractivity contribution is 14.1. The number of nitrogens with one attached hydrogen (secondary N) is 1. The van der Waals surface area contributed by atoms with Gasteiger partial charge in [-0.2, -0.15) is 0 Å². The second-order valence-corrected chi connectivity index (χ2v) is 7.22. The van der Waals surface area contributed by atoms with Crippen LogP contribution in [0.2, 0.25) is 0 Å². The van der Waals surface area contributed by atoms with Crippen LogP contribution in [0.3, 0.4) is 0 Å². The van der Waals surface area contributed by atoms with Gasteiger partial charge in [-0.25, -0.2) is 14.8 Å². The maximum atomic E-state index is 12.3. The third kappa shape index (κ3) is 9.22. The number of halogens is 1. The molecule has 138 valence electrons. The van der Waals surface area contributed by atoms with Crippen LogP contribution < -0.4 is 10.1 Å². The lowest BCUT2D eigenvalue weighted by atomic mass is 10.2. The van der Waals surface area contributed by atoms with Crippen molar-refractivity contribution in [1.82, 2.24) is 20.2 Å². The number of rotatable bonds is 7. The van der Waals surface area contributed by atoms with E-state index in [2.05, 4.69) is 37.9 Å². The number of hydrogen-bond acceptors (Lipinski definition) is 6. The zero-order chi connectivity index (χ0) is 18.9. The van der Waals surface area contributed by atoms with Gasteiger partial charge >= 0.3 is 12.1 Å². The maximum absolute atomic E-state index is 12.3. The van der Waals surface area contributed by atoms with E-state index in [-0.39, 0.29) is 31.6 Å². The van der Waals surface area contributed by atoms with Gasteiger partial charge in [0, 0.05) is 35.6 Å². The van der Waals surface area contributed by atoms with Gasteiger partial charge in [0.25, 0.3) is 0 Å². The van der Waals surface area contributed by atoms with Crippen molar-refractivity contribution < 1.29 is 19.1 Å². The van der Waals surface area contributed by atoms with E-state index >= 15 is 0 Å². The normalized spacial score (nSPS) is 11.2. The van der Waals surface area contributed by atoms with Crippen LogP contribution in [0.1, 0.15) is 20.8 Å². The minimum absolute atomic E-state index is 0.202. The summed E-state index contributed by atoms with van der Waals surface area (Å²) in [6.45, 7) is 6.06. The van der Waals surface area contributed by atoms with Crippen molar-refractivity contribution in [3.63, 3.8) is 0 Å². The van der Waals surface area contributed by atoms with Gasteiger partial charge in [0.15, 0.2) is 0 Å². The van der Waals surface area contributed by atoms with Crippen molar-refractivity contribution in [1.29, 1.82) is 0 Å². The van der Waals surface area contributed by atoms with Crippen LogP contribution in [0, 0.1) is 3.57 Å². The molecule has 0 saturated carbocycles. The Hall–Kier alpha value is -1.91. The van der Waals surface area contributed by atoms with Crippen molar-refractivity contribution >= 4 is 34.6 Å². The van der Waals surface area contributed by atoms with E-state index in [0.717, 1.165) is 3.57 Å². The number of carbonyl (C=O) groups is 2. The van der Waals surface area contributed by atoms with Crippen molar-refractivity contribution in [2.45, 2.75) is 26.4 Å². The zero-order valence-corrected chi connectivity index (χ0v) is 16.9. The lowest BCUT2D eigenvalue weighted by Crippen LogP contribution is -2.39. The summed E-state index contributed by atoms with van der Waals surface area (Å²) >= 11 is 2.10. The Kier molecular flexibility index (Phi) is 8.59. The van der Waals surface area contributed by atoms with Gasteiger partial charge in [-0.15, -0.1) is 0 Å². The van der Waals surface area contributed by atoms with E-state index in [4.69, 9.17) is 9.47 Å². The average molecular weight is 462 g/mol. The van der Waals surface area contributed by atoms with Crippen LogP contribution in [0.5, 0.6) is 6.01 Å². The monoisotopic (exact) mass is 462 g/mol. The molecule has 0 bridgehead atoms. The minimum Gasteiger partial charge on any atom is -0.462 e. The third-order valence-electron chi connectivity index (χ3n) is 2.68. The number of nitrogens with zero attached hydrogens (tertiary/aromatic N) is 3. The predicted octanol–water partition coefficient (Wildman–Crippen LogP) is 2.00. The molecule has 9 heteroatoms. The Morgan fingerprint density at radius 3 is 2.52 bits per heavy atom. The number of hydrogen-bond donors (Lipinski definition) is 1. The molecule has 0 aromatic carbocycles. The van der Waals surface area contributed by atoms with Gasteiger partial charge in [0.05, 0.1) is 6.54 Å². The largest absolute Gasteiger partial charge is 0.462 e. The molecule has 1 heterocycles. The molecule has 1 N–H and O–H groups in total. The molecule has 1 aromatic rings. The zero-order valence-electron chi connectivity index (χ0n) is 14.8. The molecule has 0 aliphatic heterocycles. The Morgan fingerprint density at radius 2 is 1.96 bits per heavy atom. The van der Waals surface area contributed by atoms with Gasteiger partial charge in [-0.05, 0) is 43.4 Å². The van der Waals surface area contributed by atoms with Crippen LogP contribution in [-0.2, 0) is 9.53 Å². The summed E-state index contributed by atoms with van der Waals surface area (Å²) in [6, 6.07) is 0.241. The second kappa shape index (κ2) is 10.2. The molecular formula is C16H23IN4O4. The highest BCUT2D eigenvalue weighted by atomic mass is 127. The fourth-order valence-electron chi connectivity index (χ4n) is 1.58. The Morgan fingerprint density at radius 1 is 1.32 bits per heavy atom. The quantitative estimate of drug-likeness (QED) is 0.492. The molecule has 0 aliphatic carbocycles. The van der Waals surface area contributed by atoms with Crippen LogP contribution >= 0.6 is 22.6 Å². The molecule has 0 fully saturated rings. The van der Waals surface area contributed by atoms with E-state index in [1.165, 1.54) is 18.0 Å². The molecule has 0 saturated heterocycles. The van der Waals surface area contributed by atoms with Gasteiger partial charge < -0.3 is 19.7 Å². The highest BCUT2D eigenvalue weighted by Crippen LogP contribution is 2.10. The van der Waals surface area contributed by atoms with Gasteiger partial charge in [0.1, 0.15) is 12.2 Å². The van der Waals surface area contributed by atoms with Crippen molar-refractivity contribution in [3.8, 4) is 6.01 Å². The molecule has 8 nitrogen and oxygen atoms in total. The summed E-state index contributed by atoms with van der Waals surface area (Å²) in [7, 11) is 1.53. The van der Waals surface area contributed by atoms with Crippen LogP contribution in [0.25, 0.3) is 0 Å². The Balaban J connectivity index is 2.62. The average Bonchev–Trinajstić information content (AvgIpc) is 2.53. The molecule has 1 aromatic heterocycles. The summed E-state index contributed by atoms with van der Waals surface area (Å²) in [5.41, 5.74) is -0.611. The van der Waals surface area contributed by atoms with Crippen molar-refractivity contribution in [2.75, 3.05) is 26.7 Å². The predicted molar refractivity (Wildman–Crippen MR) is 101 cm³/mol. The Bertz CT molecular complexity index is 599. The van der Waals surface area contributed by atoms with Crippen molar-refractivity contribution in [2.24, 2.45) is 0 Å². The first-order chi connectivity index (χ1) is 11.7. The van der Waals surface area contributed by atoms with E-state index in [1.54, 1.807) is 39.2 Å². The summed E-state index contributed by atoms with van der Waals surface area (Å²) in [5.74, 6) is -0.243. The summed E-state index contributed by atoms with van der Waals surface area (Å²) in [6.07, 6.45) is 5.74. The molecular weight excluding hydrogens is 439 g/mol. The van der Waals surface area contributed by atoms with E-state index < -0.39 is 11.7 Å². The third-order valence-corrected chi connectivity index (χ3v) is 3.24. The summed E-state index contributed by atoms with van der Waals surface area (Å²) in [4.78, 5) is 33.0. The van der Waals surface area contributed by atoms with Crippen molar-refractivity contribution in [3.05, 3.63) is 28.1 Å².